The van der Waals surface area contributed by atoms with Crippen molar-refractivity contribution in [2.75, 3.05) is 14.1 Å². The number of hydrogen-bond acceptors (Lipinski definition) is 3. The van der Waals surface area contributed by atoms with E-state index in [1.807, 2.05) is 37.6 Å². The molecule has 1 heterocycles. The van der Waals surface area contributed by atoms with E-state index in [1.54, 1.807) is 18.2 Å². The Morgan fingerprint density at radius 2 is 1.79 bits per heavy atom. The Bertz CT molecular complexity index is 1360. The zero-order valence-electron chi connectivity index (χ0n) is 19.7. The second-order valence-corrected chi connectivity index (χ2v) is 11.5. The summed E-state index contributed by atoms with van der Waals surface area (Å²) in [6.07, 6.45) is -2.81. The molecule has 0 radical (unpaired) electrons. The molecule has 3 rings (SSSR count). The van der Waals surface area contributed by atoms with Crippen molar-refractivity contribution in [3.8, 4) is 17.2 Å². The lowest BCUT2D eigenvalue weighted by Crippen LogP contribution is -2.35. The third-order valence-electron chi connectivity index (χ3n) is 5.31. The number of halogens is 3. The molecule has 0 unspecified atom stereocenters. The van der Waals surface area contributed by atoms with Gasteiger partial charge in [-0.15, -0.1) is 0 Å². The fraction of sp³-hybridized carbons (Fsp3) is 0.375. The highest BCUT2D eigenvalue weighted by atomic mass is 32.2. The van der Waals surface area contributed by atoms with Gasteiger partial charge in [0.15, 0.2) is 0 Å². The molecular formula is C24H27F3N4O2S. The van der Waals surface area contributed by atoms with E-state index < -0.39 is 21.9 Å². The van der Waals surface area contributed by atoms with Gasteiger partial charge >= 0.3 is 6.18 Å². The minimum Gasteiger partial charge on any atom is -0.347 e. The second-order valence-electron chi connectivity index (χ2n) is 9.52. The minimum atomic E-state index is -4.62. The summed E-state index contributed by atoms with van der Waals surface area (Å²) in [4.78, 5) is 0. The standard InChI is InChI=1S/C24H27F3N4O2S/c1-23(2,3)15-31-14-18(13-29-34(32,33)30(4)5)19-10-9-16(11-21(19)31)22-17(12-28)7-6-8-20(22)24(25,26)27/h6-11,14,29H,13,15H2,1-5H3. The molecule has 0 fully saturated rings. The number of aromatic nitrogens is 1. The fourth-order valence-corrected chi connectivity index (χ4v) is 4.39. The summed E-state index contributed by atoms with van der Waals surface area (Å²) >= 11 is 0. The Hall–Kier alpha value is -2.87. The maximum absolute atomic E-state index is 13.8. The van der Waals surface area contributed by atoms with Crippen molar-refractivity contribution in [1.29, 1.82) is 5.26 Å². The Balaban J connectivity index is 2.21. The van der Waals surface area contributed by atoms with Gasteiger partial charge in [-0.3, -0.25) is 0 Å². The number of nitrogens with zero attached hydrogens (tertiary/aromatic N) is 3. The Morgan fingerprint density at radius 3 is 2.35 bits per heavy atom. The topological polar surface area (TPSA) is 78.1 Å². The Kier molecular flexibility index (Phi) is 6.86. The van der Waals surface area contributed by atoms with Crippen LogP contribution in [0.3, 0.4) is 0 Å². The average Bonchev–Trinajstić information content (AvgIpc) is 3.06. The second kappa shape index (κ2) is 9.06. The van der Waals surface area contributed by atoms with Gasteiger partial charge in [0.2, 0.25) is 0 Å². The van der Waals surface area contributed by atoms with Crippen LogP contribution in [0.1, 0.15) is 37.5 Å². The molecule has 0 aliphatic rings. The number of nitriles is 1. The molecule has 182 valence electrons. The van der Waals surface area contributed by atoms with Crippen molar-refractivity contribution in [1.82, 2.24) is 13.6 Å². The molecule has 0 bridgehead atoms. The minimum absolute atomic E-state index is 0.0239. The van der Waals surface area contributed by atoms with Gasteiger partial charge in [-0.25, -0.2) is 0 Å². The van der Waals surface area contributed by atoms with E-state index in [4.69, 9.17) is 0 Å². The quantitative estimate of drug-likeness (QED) is 0.518. The van der Waals surface area contributed by atoms with Crippen LogP contribution in [-0.2, 0) is 29.5 Å². The lowest BCUT2D eigenvalue weighted by molar-refractivity contribution is -0.137. The van der Waals surface area contributed by atoms with Crippen LogP contribution in [0.2, 0.25) is 0 Å². The first-order chi connectivity index (χ1) is 15.6. The van der Waals surface area contributed by atoms with E-state index in [2.05, 4.69) is 4.72 Å². The third kappa shape index (κ3) is 5.43. The molecule has 10 heteroatoms. The first-order valence-electron chi connectivity index (χ1n) is 10.5. The van der Waals surface area contributed by atoms with E-state index in [1.165, 1.54) is 26.2 Å². The van der Waals surface area contributed by atoms with Crippen LogP contribution in [0.5, 0.6) is 0 Å². The molecule has 1 aromatic heterocycles. The van der Waals surface area contributed by atoms with E-state index >= 15 is 0 Å². The Morgan fingerprint density at radius 1 is 1.12 bits per heavy atom. The molecule has 0 aliphatic carbocycles. The van der Waals surface area contributed by atoms with Crippen molar-refractivity contribution in [2.45, 2.75) is 40.0 Å². The van der Waals surface area contributed by atoms with Gasteiger partial charge in [0.1, 0.15) is 0 Å². The van der Waals surface area contributed by atoms with Crippen molar-refractivity contribution in [3.63, 3.8) is 0 Å². The number of benzene rings is 2. The molecular weight excluding hydrogens is 465 g/mol. The van der Waals surface area contributed by atoms with Gasteiger partial charge in [0.25, 0.3) is 10.2 Å². The molecule has 6 nitrogen and oxygen atoms in total. The van der Waals surface area contributed by atoms with Crippen LogP contribution in [0.4, 0.5) is 13.2 Å². The van der Waals surface area contributed by atoms with Gasteiger partial charge in [-0.05, 0) is 34.7 Å². The van der Waals surface area contributed by atoms with Crippen LogP contribution in [0.25, 0.3) is 22.0 Å². The summed E-state index contributed by atoms with van der Waals surface area (Å²) in [5.41, 5.74) is 0.363. The highest BCUT2D eigenvalue weighted by Gasteiger charge is 2.35. The number of fused-ring (bicyclic) bond motifs is 1. The zero-order chi connectivity index (χ0) is 25.5. The number of nitrogens with one attached hydrogen (secondary N) is 1. The number of hydrogen-bond donors (Lipinski definition) is 1. The normalized spacial score (nSPS) is 12.9. The van der Waals surface area contributed by atoms with Gasteiger partial charge in [-0.2, -0.15) is 35.9 Å². The average molecular weight is 493 g/mol. The van der Waals surface area contributed by atoms with Gasteiger partial charge in [-0.1, -0.05) is 39.0 Å². The largest absolute Gasteiger partial charge is 0.417 e. The van der Waals surface area contributed by atoms with Crippen LogP contribution in [0, 0.1) is 16.7 Å². The van der Waals surface area contributed by atoms with Crippen LogP contribution in [0.15, 0.2) is 42.6 Å². The molecule has 3 aromatic rings. The van der Waals surface area contributed by atoms with Crippen molar-refractivity contribution in [2.24, 2.45) is 5.41 Å². The zero-order valence-corrected chi connectivity index (χ0v) is 20.5. The lowest BCUT2D eigenvalue weighted by Gasteiger charge is -2.20. The van der Waals surface area contributed by atoms with Gasteiger partial charge in [0, 0.05) is 49.8 Å². The highest BCUT2D eigenvalue weighted by Crippen LogP contribution is 2.40. The molecule has 1 N–H and O–H groups in total. The van der Waals surface area contributed by atoms with E-state index in [0.717, 1.165) is 15.8 Å². The number of alkyl halides is 3. The molecule has 2 aromatic carbocycles. The predicted molar refractivity (Wildman–Crippen MR) is 126 cm³/mol. The van der Waals surface area contributed by atoms with Crippen LogP contribution in [-0.4, -0.2) is 31.4 Å². The van der Waals surface area contributed by atoms with Crippen molar-refractivity contribution < 1.29 is 21.6 Å². The SMILES string of the molecule is CN(C)S(=O)(=O)NCc1cn(CC(C)(C)C)c2cc(-c3c(C#N)cccc3C(F)(F)F)ccc12. The summed E-state index contributed by atoms with van der Waals surface area (Å²) in [6, 6.07) is 10.3. The monoisotopic (exact) mass is 492 g/mol. The predicted octanol–water partition coefficient (Wildman–Crippen LogP) is 5.14. The summed E-state index contributed by atoms with van der Waals surface area (Å²) in [7, 11) is -0.822. The third-order valence-corrected chi connectivity index (χ3v) is 6.78. The maximum atomic E-state index is 13.8. The van der Waals surface area contributed by atoms with Gasteiger partial charge < -0.3 is 4.57 Å². The summed E-state index contributed by atoms with van der Waals surface area (Å²) < 4.78 is 71.2. The molecule has 0 aliphatic heterocycles. The Labute approximate surface area is 197 Å². The molecule has 34 heavy (non-hydrogen) atoms. The van der Waals surface area contributed by atoms with E-state index in [-0.39, 0.29) is 28.7 Å². The van der Waals surface area contributed by atoms with Crippen LogP contribution < -0.4 is 4.72 Å². The smallest absolute Gasteiger partial charge is 0.347 e. The van der Waals surface area contributed by atoms with E-state index in [0.29, 0.717) is 17.6 Å². The molecule has 0 spiro atoms. The van der Waals surface area contributed by atoms with Crippen molar-refractivity contribution in [3.05, 3.63) is 59.3 Å². The fourth-order valence-electron chi connectivity index (χ4n) is 3.80. The summed E-state index contributed by atoms with van der Waals surface area (Å²) in [6.45, 7) is 6.67. The molecule has 0 atom stereocenters. The first-order valence-corrected chi connectivity index (χ1v) is 12.0. The molecule has 0 saturated heterocycles. The maximum Gasteiger partial charge on any atom is 0.417 e. The first kappa shape index (κ1) is 25.7. The highest BCUT2D eigenvalue weighted by molar-refractivity contribution is 7.87. The van der Waals surface area contributed by atoms with Gasteiger partial charge in [0.05, 0.1) is 17.2 Å². The summed E-state index contributed by atoms with van der Waals surface area (Å²) in [5.74, 6) is 0. The molecule has 0 saturated carbocycles. The van der Waals surface area contributed by atoms with E-state index in [9.17, 15) is 26.9 Å². The van der Waals surface area contributed by atoms with Crippen molar-refractivity contribution >= 4 is 21.1 Å². The van der Waals surface area contributed by atoms with Crippen LogP contribution >= 0.6 is 0 Å². The molecule has 0 amide bonds. The lowest BCUT2D eigenvalue weighted by atomic mass is 9.93. The number of rotatable bonds is 6. The summed E-state index contributed by atoms with van der Waals surface area (Å²) in [5, 5.41) is 10.2.